The topological polar surface area (TPSA) is 34.0 Å². The van der Waals surface area contributed by atoms with Crippen LogP contribution in [0.3, 0.4) is 0 Å². The predicted octanol–water partition coefficient (Wildman–Crippen LogP) is 1.70. The van der Waals surface area contributed by atoms with Gasteiger partial charge in [0.25, 0.3) is 0 Å². The van der Waals surface area contributed by atoms with Crippen molar-refractivity contribution in [2.45, 2.75) is 24.9 Å². The smallest absolute Gasteiger partial charge is 0.158 e. The fraction of sp³-hybridized carbons (Fsp3) is 0.500. The average molecular weight is 216 g/mol. The van der Waals surface area contributed by atoms with E-state index in [0.29, 0.717) is 6.04 Å². The second kappa shape index (κ2) is 3.56. The molecule has 2 aromatic rings. The minimum atomic E-state index is 0.599. The first-order valence-corrected chi connectivity index (χ1v) is 5.69. The SMILES string of the molecule is CN(C)C1CC(n2ccc3nccnc32)C1. The molecule has 3 rings (SSSR count). The van der Waals surface area contributed by atoms with Crippen LogP contribution in [0.1, 0.15) is 18.9 Å². The summed E-state index contributed by atoms with van der Waals surface area (Å²) in [5.74, 6) is 0. The highest BCUT2D eigenvalue weighted by Crippen LogP contribution is 2.36. The van der Waals surface area contributed by atoms with Crippen molar-refractivity contribution < 1.29 is 0 Å². The molecule has 0 spiro atoms. The van der Waals surface area contributed by atoms with Gasteiger partial charge in [0.05, 0.1) is 0 Å². The Hall–Kier alpha value is -1.42. The van der Waals surface area contributed by atoms with Crippen LogP contribution < -0.4 is 0 Å². The number of fused-ring (bicyclic) bond motifs is 1. The zero-order chi connectivity index (χ0) is 11.1. The first-order valence-electron chi connectivity index (χ1n) is 5.69. The van der Waals surface area contributed by atoms with Gasteiger partial charge in [-0.15, -0.1) is 0 Å². The van der Waals surface area contributed by atoms with Gasteiger partial charge in [0, 0.05) is 30.7 Å². The van der Waals surface area contributed by atoms with Crippen LogP contribution in [0, 0.1) is 0 Å². The summed E-state index contributed by atoms with van der Waals surface area (Å²) in [6.45, 7) is 0. The van der Waals surface area contributed by atoms with Crippen LogP contribution in [-0.2, 0) is 0 Å². The summed E-state index contributed by atoms with van der Waals surface area (Å²) in [6.07, 6.45) is 8.05. The number of rotatable bonds is 2. The highest BCUT2D eigenvalue weighted by molar-refractivity contribution is 5.70. The van der Waals surface area contributed by atoms with E-state index >= 15 is 0 Å². The van der Waals surface area contributed by atoms with Gasteiger partial charge in [-0.3, -0.25) is 4.98 Å². The predicted molar refractivity (Wildman–Crippen MR) is 63.3 cm³/mol. The lowest BCUT2D eigenvalue weighted by atomic mass is 9.86. The van der Waals surface area contributed by atoms with E-state index in [1.807, 2.05) is 6.07 Å². The van der Waals surface area contributed by atoms with Gasteiger partial charge < -0.3 is 9.47 Å². The molecule has 1 aliphatic carbocycles. The summed E-state index contributed by atoms with van der Waals surface area (Å²) in [6, 6.07) is 3.37. The molecule has 0 unspecified atom stereocenters. The zero-order valence-corrected chi connectivity index (χ0v) is 9.67. The molecule has 0 atom stereocenters. The second-order valence-electron chi connectivity index (χ2n) is 4.73. The lowest BCUT2D eigenvalue weighted by molar-refractivity contribution is 0.131. The van der Waals surface area contributed by atoms with Crippen LogP contribution in [-0.4, -0.2) is 39.6 Å². The minimum absolute atomic E-state index is 0.599. The molecule has 0 aliphatic heterocycles. The van der Waals surface area contributed by atoms with Crippen LogP contribution in [0.5, 0.6) is 0 Å². The van der Waals surface area contributed by atoms with Crippen LogP contribution in [0.2, 0.25) is 0 Å². The first-order chi connectivity index (χ1) is 7.75. The molecule has 1 saturated carbocycles. The lowest BCUT2D eigenvalue weighted by Gasteiger charge is -2.40. The van der Waals surface area contributed by atoms with Crippen LogP contribution in [0.15, 0.2) is 24.7 Å². The molecule has 0 aromatic carbocycles. The van der Waals surface area contributed by atoms with E-state index in [2.05, 4.69) is 39.7 Å². The van der Waals surface area contributed by atoms with Crippen LogP contribution in [0.4, 0.5) is 0 Å². The van der Waals surface area contributed by atoms with E-state index in [1.54, 1.807) is 12.4 Å². The van der Waals surface area contributed by atoms with Gasteiger partial charge in [-0.1, -0.05) is 0 Å². The van der Waals surface area contributed by atoms with Gasteiger partial charge in [-0.2, -0.15) is 0 Å². The standard InChI is InChI=1S/C12H16N4/c1-15(2)9-7-10(8-9)16-6-3-11-12(16)14-5-4-13-11/h3-6,9-10H,7-8H2,1-2H3. The van der Waals surface area contributed by atoms with E-state index in [4.69, 9.17) is 0 Å². The summed E-state index contributed by atoms with van der Waals surface area (Å²) < 4.78 is 2.27. The molecule has 0 saturated heterocycles. The quantitative estimate of drug-likeness (QED) is 0.766. The minimum Gasteiger partial charge on any atom is -0.328 e. The molecule has 84 valence electrons. The Morgan fingerprint density at radius 1 is 1.25 bits per heavy atom. The van der Waals surface area contributed by atoms with Crippen molar-refractivity contribution in [1.29, 1.82) is 0 Å². The van der Waals surface area contributed by atoms with Crippen molar-refractivity contribution in [3.8, 4) is 0 Å². The fourth-order valence-corrected chi connectivity index (χ4v) is 2.38. The molecule has 0 bridgehead atoms. The molecule has 2 aromatic heterocycles. The van der Waals surface area contributed by atoms with Crippen molar-refractivity contribution >= 4 is 11.2 Å². The molecule has 2 heterocycles. The Labute approximate surface area is 94.9 Å². The third-order valence-corrected chi connectivity index (χ3v) is 3.56. The van der Waals surface area contributed by atoms with E-state index in [0.717, 1.165) is 17.2 Å². The summed E-state index contributed by atoms with van der Waals surface area (Å²) >= 11 is 0. The molecule has 1 aliphatic rings. The second-order valence-corrected chi connectivity index (χ2v) is 4.73. The van der Waals surface area contributed by atoms with Gasteiger partial charge in [0.2, 0.25) is 0 Å². The van der Waals surface area contributed by atoms with Crippen molar-refractivity contribution in [2.24, 2.45) is 0 Å². The van der Waals surface area contributed by atoms with Crippen molar-refractivity contribution in [3.63, 3.8) is 0 Å². The van der Waals surface area contributed by atoms with E-state index in [1.165, 1.54) is 12.8 Å². The fourth-order valence-electron chi connectivity index (χ4n) is 2.38. The van der Waals surface area contributed by atoms with Crippen LogP contribution in [0.25, 0.3) is 11.2 Å². The van der Waals surface area contributed by atoms with E-state index in [-0.39, 0.29) is 0 Å². The molecule has 4 heteroatoms. The maximum atomic E-state index is 4.40. The van der Waals surface area contributed by atoms with Crippen LogP contribution >= 0.6 is 0 Å². The number of nitrogens with zero attached hydrogens (tertiary/aromatic N) is 4. The summed E-state index contributed by atoms with van der Waals surface area (Å²) in [5, 5.41) is 0. The third kappa shape index (κ3) is 1.41. The molecule has 0 N–H and O–H groups in total. The summed E-state index contributed by atoms with van der Waals surface area (Å²) in [4.78, 5) is 11.0. The van der Waals surface area contributed by atoms with Crippen molar-refractivity contribution in [1.82, 2.24) is 19.4 Å². The van der Waals surface area contributed by atoms with E-state index in [9.17, 15) is 0 Å². The van der Waals surface area contributed by atoms with Gasteiger partial charge >= 0.3 is 0 Å². The number of hydrogen-bond donors (Lipinski definition) is 0. The zero-order valence-electron chi connectivity index (χ0n) is 9.67. The van der Waals surface area contributed by atoms with Crippen molar-refractivity contribution in [2.75, 3.05) is 14.1 Å². The summed E-state index contributed by atoms with van der Waals surface area (Å²) in [5.41, 5.74) is 2.01. The highest BCUT2D eigenvalue weighted by atomic mass is 15.2. The maximum Gasteiger partial charge on any atom is 0.158 e. The molecule has 16 heavy (non-hydrogen) atoms. The first kappa shape index (κ1) is 9.78. The maximum absolute atomic E-state index is 4.40. The average Bonchev–Trinajstić information content (AvgIpc) is 2.60. The van der Waals surface area contributed by atoms with Gasteiger partial charge in [0.1, 0.15) is 5.52 Å². The van der Waals surface area contributed by atoms with Gasteiger partial charge in [-0.05, 0) is 33.0 Å². The Morgan fingerprint density at radius 3 is 2.75 bits per heavy atom. The third-order valence-electron chi connectivity index (χ3n) is 3.56. The largest absolute Gasteiger partial charge is 0.328 e. The summed E-state index contributed by atoms with van der Waals surface area (Å²) in [7, 11) is 4.29. The van der Waals surface area contributed by atoms with Gasteiger partial charge in [0.15, 0.2) is 5.65 Å². The molecular formula is C12H16N4. The molecule has 4 nitrogen and oxygen atoms in total. The Kier molecular flexibility index (Phi) is 2.17. The monoisotopic (exact) mass is 216 g/mol. The Morgan fingerprint density at radius 2 is 2.00 bits per heavy atom. The van der Waals surface area contributed by atoms with Gasteiger partial charge in [-0.25, -0.2) is 4.98 Å². The molecule has 0 amide bonds. The number of aromatic nitrogens is 3. The van der Waals surface area contributed by atoms with Crippen molar-refractivity contribution in [3.05, 3.63) is 24.7 Å². The molecular weight excluding hydrogens is 200 g/mol. The number of hydrogen-bond acceptors (Lipinski definition) is 3. The Balaban J connectivity index is 1.86. The van der Waals surface area contributed by atoms with E-state index < -0.39 is 0 Å². The molecule has 1 fully saturated rings. The Bertz CT molecular complexity index is 496. The lowest BCUT2D eigenvalue weighted by Crippen LogP contribution is -2.41. The normalized spacial score (nSPS) is 24.9. The highest BCUT2D eigenvalue weighted by Gasteiger charge is 2.32. The molecule has 0 radical (unpaired) electrons.